The molecule has 29 heavy (non-hydrogen) atoms. The fraction of sp³-hybridized carbons (Fsp3) is 0.263. The Kier molecular flexibility index (Phi) is 5.15. The number of hydrogen-bond donors (Lipinski definition) is 2. The Morgan fingerprint density at radius 3 is 2.52 bits per heavy atom. The third kappa shape index (κ3) is 3.66. The maximum atomic E-state index is 12.8. The number of thiophene rings is 1. The van der Waals surface area contributed by atoms with Crippen LogP contribution in [0.1, 0.15) is 23.4 Å². The molecule has 3 N–H and O–H groups in total. The van der Waals surface area contributed by atoms with E-state index in [0.29, 0.717) is 28.0 Å². The smallest absolute Gasteiger partial charge is 0.286 e. The average molecular weight is 434 g/mol. The molecule has 0 unspecified atom stereocenters. The van der Waals surface area contributed by atoms with Gasteiger partial charge < -0.3 is 15.5 Å². The van der Waals surface area contributed by atoms with Crippen molar-refractivity contribution in [1.82, 2.24) is 4.31 Å². The molecule has 0 saturated carbocycles. The molecule has 4 rings (SSSR count). The molecule has 152 valence electrons. The first kappa shape index (κ1) is 19.6. The number of nitrogens with one attached hydrogen (secondary N) is 1. The van der Waals surface area contributed by atoms with Crippen molar-refractivity contribution in [1.29, 1.82) is 0 Å². The molecule has 2 aromatic heterocycles. The van der Waals surface area contributed by atoms with Gasteiger partial charge in [-0.3, -0.25) is 9.59 Å². The van der Waals surface area contributed by atoms with Gasteiger partial charge in [0, 0.05) is 24.4 Å². The Morgan fingerprint density at radius 2 is 1.86 bits per heavy atom. The summed E-state index contributed by atoms with van der Waals surface area (Å²) in [5.41, 5.74) is 6.10. The van der Waals surface area contributed by atoms with Gasteiger partial charge in [0.05, 0.1) is 0 Å². The first-order valence-electron chi connectivity index (χ1n) is 9.04. The minimum atomic E-state index is -3.52. The van der Waals surface area contributed by atoms with Crippen molar-refractivity contribution in [2.24, 2.45) is 11.7 Å². The van der Waals surface area contributed by atoms with Gasteiger partial charge in [-0.15, -0.1) is 11.3 Å². The molecule has 10 heteroatoms. The van der Waals surface area contributed by atoms with E-state index >= 15 is 0 Å². The molecular weight excluding hydrogens is 414 g/mol. The lowest BCUT2D eigenvalue weighted by Gasteiger charge is -2.30. The number of anilines is 1. The lowest BCUT2D eigenvalue weighted by atomic mass is 9.97. The van der Waals surface area contributed by atoms with E-state index in [1.807, 2.05) is 0 Å². The van der Waals surface area contributed by atoms with Gasteiger partial charge in [-0.2, -0.15) is 4.31 Å². The second-order valence-corrected chi connectivity index (χ2v) is 9.88. The lowest BCUT2D eigenvalue weighted by molar-refractivity contribution is -0.120. The standard InChI is InChI=1S/C19H19N3O5S2/c20-18(23)17-16(13-4-1-2-5-14(13)27-17)21-19(24)12-7-9-22(10-8-12)29(25,26)15-6-3-11-28-15/h1-6,11-12H,7-10H2,(H2,20,23)(H,21,24). The Balaban J connectivity index is 1.48. The fourth-order valence-corrected chi connectivity index (χ4v) is 6.08. The third-order valence-electron chi connectivity index (χ3n) is 4.98. The zero-order valence-corrected chi connectivity index (χ0v) is 17.0. The number of nitrogens with two attached hydrogens (primary N) is 1. The number of primary amides is 1. The molecule has 0 bridgehead atoms. The summed E-state index contributed by atoms with van der Waals surface area (Å²) in [7, 11) is -3.52. The number of amides is 2. The summed E-state index contributed by atoms with van der Waals surface area (Å²) in [5, 5.41) is 5.08. The molecular formula is C19H19N3O5S2. The van der Waals surface area contributed by atoms with Crippen LogP contribution in [0.4, 0.5) is 5.69 Å². The van der Waals surface area contributed by atoms with Gasteiger partial charge in [0.15, 0.2) is 0 Å². The molecule has 0 radical (unpaired) electrons. The maximum absolute atomic E-state index is 12.8. The van der Waals surface area contributed by atoms with E-state index in [-0.39, 0.29) is 36.4 Å². The number of benzene rings is 1. The highest BCUT2D eigenvalue weighted by Gasteiger charge is 2.33. The molecule has 3 aromatic rings. The molecule has 2 amide bonds. The third-order valence-corrected chi connectivity index (χ3v) is 8.25. The predicted molar refractivity (Wildman–Crippen MR) is 109 cm³/mol. The molecule has 1 aliphatic rings. The summed E-state index contributed by atoms with van der Waals surface area (Å²) < 4.78 is 32.4. The topological polar surface area (TPSA) is 123 Å². The van der Waals surface area contributed by atoms with Crippen LogP contribution in [0.3, 0.4) is 0 Å². The average Bonchev–Trinajstić information content (AvgIpc) is 3.37. The van der Waals surface area contributed by atoms with Gasteiger partial charge in [0.2, 0.25) is 11.7 Å². The second-order valence-electron chi connectivity index (χ2n) is 6.77. The van der Waals surface area contributed by atoms with E-state index in [1.165, 1.54) is 15.6 Å². The molecule has 1 aromatic carbocycles. The molecule has 0 spiro atoms. The largest absolute Gasteiger partial charge is 0.449 e. The summed E-state index contributed by atoms with van der Waals surface area (Å²) >= 11 is 1.18. The van der Waals surface area contributed by atoms with Crippen LogP contribution < -0.4 is 11.1 Å². The van der Waals surface area contributed by atoms with Crippen LogP contribution in [-0.4, -0.2) is 37.6 Å². The first-order chi connectivity index (χ1) is 13.9. The van der Waals surface area contributed by atoms with E-state index in [2.05, 4.69) is 5.32 Å². The molecule has 0 atom stereocenters. The quantitative estimate of drug-likeness (QED) is 0.640. The Labute approximate surface area is 171 Å². The molecule has 1 saturated heterocycles. The molecule has 1 fully saturated rings. The zero-order valence-electron chi connectivity index (χ0n) is 15.3. The van der Waals surface area contributed by atoms with E-state index in [1.54, 1.807) is 41.8 Å². The molecule has 3 heterocycles. The van der Waals surface area contributed by atoms with Crippen LogP contribution in [0.15, 0.2) is 50.4 Å². The van der Waals surface area contributed by atoms with E-state index < -0.39 is 15.9 Å². The number of rotatable bonds is 5. The Hall–Kier alpha value is -2.69. The maximum Gasteiger partial charge on any atom is 0.286 e. The number of hydrogen-bond acceptors (Lipinski definition) is 6. The number of carbonyl (C=O) groups excluding carboxylic acids is 2. The van der Waals surface area contributed by atoms with E-state index in [4.69, 9.17) is 10.2 Å². The van der Waals surface area contributed by atoms with Crippen molar-refractivity contribution in [2.45, 2.75) is 17.1 Å². The summed E-state index contributed by atoms with van der Waals surface area (Å²) in [4.78, 5) is 24.5. The highest BCUT2D eigenvalue weighted by atomic mass is 32.2. The van der Waals surface area contributed by atoms with E-state index in [0.717, 1.165) is 0 Å². The van der Waals surface area contributed by atoms with E-state index in [9.17, 15) is 18.0 Å². The highest BCUT2D eigenvalue weighted by molar-refractivity contribution is 7.91. The summed E-state index contributed by atoms with van der Waals surface area (Å²) in [5.74, 6) is -1.53. The number of carbonyl (C=O) groups is 2. The van der Waals surface area contributed by atoms with Gasteiger partial charge in [-0.1, -0.05) is 18.2 Å². The van der Waals surface area contributed by atoms with Crippen molar-refractivity contribution in [2.75, 3.05) is 18.4 Å². The van der Waals surface area contributed by atoms with Gasteiger partial charge in [0.25, 0.3) is 15.9 Å². The van der Waals surface area contributed by atoms with Crippen molar-refractivity contribution in [3.8, 4) is 0 Å². The van der Waals surface area contributed by atoms with Crippen LogP contribution >= 0.6 is 11.3 Å². The minimum absolute atomic E-state index is 0.0998. The van der Waals surface area contributed by atoms with Crippen LogP contribution in [0, 0.1) is 5.92 Å². The number of fused-ring (bicyclic) bond motifs is 1. The summed E-state index contributed by atoms with van der Waals surface area (Å²) in [6, 6.07) is 10.2. The number of para-hydroxylation sites is 1. The summed E-state index contributed by atoms with van der Waals surface area (Å²) in [6.07, 6.45) is 0.774. The van der Waals surface area contributed by atoms with Crippen molar-refractivity contribution >= 4 is 49.8 Å². The normalized spacial score (nSPS) is 16.1. The molecule has 0 aliphatic carbocycles. The number of sulfonamides is 1. The van der Waals surface area contributed by atoms with Crippen LogP contribution in [0.2, 0.25) is 0 Å². The number of furan rings is 1. The second kappa shape index (κ2) is 7.62. The predicted octanol–water partition coefficient (Wildman–Crippen LogP) is 2.63. The van der Waals surface area contributed by atoms with Gasteiger partial charge in [0.1, 0.15) is 15.5 Å². The zero-order chi connectivity index (χ0) is 20.6. The number of nitrogens with zero attached hydrogens (tertiary/aromatic N) is 1. The number of piperidine rings is 1. The highest BCUT2D eigenvalue weighted by Crippen LogP contribution is 2.32. The first-order valence-corrected chi connectivity index (χ1v) is 11.4. The Morgan fingerprint density at radius 1 is 1.14 bits per heavy atom. The summed E-state index contributed by atoms with van der Waals surface area (Å²) in [6.45, 7) is 0.514. The van der Waals surface area contributed by atoms with Crippen LogP contribution in [-0.2, 0) is 14.8 Å². The van der Waals surface area contributed by atoms with Gasteiger partial charge in [-0.05, 0) is 36.4 Å². The lowest BCUT2D eigenvalue weighted by Crippen LogP contribution is -2.41. The van der Waals surface area contributed by atoms with Gasteiger partial charge >= 0.3 is 0 Å². The van der Waals surface area contributed by atoms with Crippen LogP contribution in [0.25, 0.3) is 11.0 Å². The van der Waals surface area contributed by atoms with Crippen molar-refractivity contribution < 1.29 is 22.4 Å². The monoisotopic (exact) mass is 433 g/mol. The molecule has 8 nitrogen and oxygen atoms in total. The van der Waals surface area contributed by atoms with Gasteiger partial charge in [-0.25, -0.2) is 8.42 Å². The fourth-order valence-electron chi connectivity index (χ4n) is 3.46. The van der Waals surface area contributed by atoms with Crippen molar-refractivity contribution in [3.05, 3.63) is 47.5 Å². The SMILES string of the molecule is NC(=O)c1oc2ccccc2c1NC(=O)C1CCN(S(=O)(=O)c2cccs2)CC1. The van der Waals surface area contributed by atoms with Crippen molar-refractivity contribution in [3.63, 3.8) is 0 Å². The minimum Gasteiger partial charge on any atom is -0.449 e. The molecule has 1 aliphatic heterocycles. The Bertz CT molecular complexity index is 1160. The van der Waals surface area contributed by atoms with Crippen LogP contribution in [0.5, 0.6) is 0 Å².